The zero-order valence-electron chi connectivity index (χ0n) is 7.48. The first-order valence-corrected chi connectivity index (χ1v) is 4.17. The second kappa shape index (κ2) is 2.54. The smallest absolute Gasteiger partial charge is 0.0612 e. The van der Waals surface area contributed by atoms with E-state index < -0.39 is 0 Å². The maximum absolute atomic E-state index is 5.49. The molecule has 2 unspecified atom stereocenters. The molecule has 0 saturated heterocycles. The molecule has 0 radical (unpaired) electrons. The minimum atomic E-state index is 0.458. The van der Waals surface area contributed by atoms with E-state index in [1.54, 1.807) is 0 Å². The summed E-state index contributed by atoms with van der Waals surface area (Å²) in [7, 11) is 0. The largest absolute Gasteiger partial charge is 0.378 e. The van der Waals surface area contributed by atoms with E-state index in [9.17, 15) is 0 Å². The van der Waals surface area contributed by atoms with E-state index in [4.69, 9.17) is 4.74 Å². The molecule has 60 valence electrons. The summed E-state index contributed by atoms with van der Waals surface area (Å²) >= 11 is 0. The fraction of sp³-hybridized carbons (Fsp3) is 1.00. The highest BCUT2D eigenvalue weighted by molar-refractivity contribution is 4.95. The molecule has 0 heterocycles. The molecule has 0 bridgehead atoms. The molecular weight excluding hydrogens is 124 g/mol. The van der Waals surface area contributed by atoms with Crippen molar-refractivity contribution in [2.45, 2.75) is 40.2 Å². The molecule has 0 aromatic rings. The highest BCUT2D eigenvalue weighted by Gasteiger charge is 2.45. The molecule has 0 aromatic heterocycles. The lowest BCUT2D eigenvalue weighted by Crippen LogP contribution is -2.12. The van der Waals surface area contributed by atoms with Gasteiger partial charge in [-0.3, -0.25) is 0 Å². The van der Waals surface area contributed by atoms with Gasteiger partial charge in [-0.15, -0.1) is 0 Å². The fourth-order valence-electron chi connectivity index (χ4n) is 1.48. The van der Waals surface area contributed by atoms with Gasteiger partial charge in [0.2, 0.25) is 0 Å². The summed E-state index contributed by atoms with van der Waals surface area (Å²) < 4.78 is 5.49. The molecular formula is C9H18O. The lowest BCUT2D eigenvalue weighted by molar-refractivity contribution is 0.103. The average molecular weight is 142 g/mol. The van der Waals surface area contributed by atoms with Crippen molar-refractivity contribution < 1.29 is 4.74 Å². The molecule has 1 aliphatic rings. The van der Waals surface area contributed by atoms with Crippen LogP contribution >= 0.6 is 0 Å². The van der Waals surface area contributed by atoms with Crippen molar-refractivity contribution in [1.82, 2.24) is 0 Å². The normalized spacial score (nSPS) is 32.4. The van der Waals surface area contributed by atoms with Gasteiger partial charge in [-0.25, -0.2) is 0 Å². The van der Waals surface area contributed by atoms with Crippen molar-refractivity contribution in [3.8, 4) is 0 Å². The molecule has 0 aliphatic heterocycles. The third-order valence-corrected chi connectivity index (χ3v) is 2.23. The van der Waals surface area contributed by atoms with E-state index in [0.717, 1.165) is 12.5 Å². The fourth-order valence-corrected chi connectivity index (χ4v) is 1.48. The van der Waals surface area contributed by atoms with Gasteiger partial charge in [-0.2, -0.15) is 0 Å². The van der Waals surface area contributed by atoms with Crippen LogP contribution in [-0.4, -0.2) is 12.7 Å². The van der Waals surface area contributed by atoms with Crippen LogP contribution < -0.4 is 0 Å². The van der Waals surface area contributed by atoms with Crippen LogP contribution in [0.2, 0.25) is 0 Å². The molecule has 1 nitrogen and oxygen atoms in total. The van der Waals surface area contributed by atoms with E-state index in [1.807, 2.05) is 0 Å². The first-order valence-electron chi connectivity index (χ1n) is 4.17. The van der Waals surface area contributed by atoms with Gasteiger partial charge in [0.15, 0.2) is 0 Å². The van der Waals surface area contributed by atoms with Crippen molar-refractivity contribution in [1.29, 1.82) is 0 Å². The van der Waals surface area contributed by atoms with Gasteiger partial charge in [0.05, 0.1) is 6.10 Å². The molecule has 0 N–H and O–H groups in total. The van der Waals surface area contributed by atoms with Crippen molar-refractivity contribution in [2.75, 3.05) is 6.61 Å². The maximum atomic E-state index is 5.49. The van der Waals surface area contributed by atoms with Crippen LogP contribution in [0, 0.1) is 11.3 Å². The zero-order chi connectivity index (χ0) is 7.78. The number of hydrogen-bond donors (Lipinski definition) is 0. The van der Waals surface area contributed by atoms with E-state index >= 15 is 0 Å². The van der Waals surface area contributed by atoms with E-state index in [2.05, 4.69) is 27.7 Å². The first-order chi connectivity index (χ1) is 4.55. The second-order valence-corrected chi connectivity index (χ2v) is 4.20. The topological polar surface area (TPSA) is 9.23 Å². The molecule has 0 aromatic carbocycles. The van der Waals surface area contributed by atoms with E-state index in [-0.39, 0.29) is 0 Å². The molecule has 1 heteroatoms. The summed E-state index contributed by atoms with van der Waals surface area (Å²) in [5, 5.41) is 0. The minimum Gasteiger partial charge on any atom is -0.378 e. The molecule has 0 spiro atoms. The number of rotatable bonds is 2. The van der Waals surface area contributed by atoms with Gasteiger partial charge in [-0.1, -0.05) is 20.8 Å². The van der Waals surface area contributed by atoms with Gasteiger partial charge < -0.3 is 4.74 Å². The Balaban J connectivity index is 2.25. The van der Waals surface area contributed by atoms with E-state index in [0.29, 0.717) is 11.5 Å². The summed E-state index contributed by atoms with van der Waals surface area (Å²) in [5.41, 5.74) is 0.458. The van der Waals surface area contributed by atoms with Crippen LogP contribution in [0.25, 0.3) is 0 Å². The van der Waals surface area contributed by atoms with Crippen LogP contribution in [0.5, 0.6) is 0 Å². The number of ether oxygens (including phenoxy) is 1. The van der Waals surface area contributed by atoms with Crippen molar-refractivity contribution >= 4 is 0 Å². The lowest BCUT2D eigenvalue weighted by atomic mass is 9.90. The Kier molecular flexibility index (Phi) is 2.04. The van der Waals surface area contributed by atoms with Crippen molar-refractivity contribution in [2.24, 2.45) is 11.3 Å². The molecule has 2 atom stereocenters. The summed E-state index contributed by atoms with van der Waals surface area (Å²) in [4.78, 5) is 0. The Morgan fingerprint density at radius 2 is 2.00 bits per heavy atom. The van der Waals surface area contributed by atoms with E-state index in [1.165, 1.54) is 6.42 Å². The summed E-state index contributed by atoms with van der Waals surface area (Å²) in [6, 6.07) is 0. The Bertz CT molecular complexity index is 112. The summed E-state index contributed by atoms with van der Waals surface area (Å²) in [6.07, 6.45) is 1.85. The number of hydrogen-bond acceptors (Lipinski definition) is 1. The van der Waals surface area contributed by atoms with Crippen LogP contribution in [0.15, 0.2) is 0 Å². The third kappa shape index (κ3) is 1.72. The Labute approximate surface area is 63.8 Å². The van der Waals surface area contributed by atoms with Gasteiger partial charge in [0.1, 0.15) is 0 Å². The maximum Gasteiger partial charge on any atom is 0.0612 e. The van der Waals surface area contributed by atoms with Crippen molar-refractivity contribution in [3.05, 3.63) is 0 Å². The average Bonchev–Trinajstić information content (AvgIpc) is 2.44. The molecule has 10 heavy (non-hydrogen) atoms. The zero-order valence-corrected chi connectivity index (χ0v) is 7.48. The Hall–Kier alpha value is -0.0400. The van der Waals surface area contributed by atoms with Crippen LogP contribution in [0.4, 0.5) is 0 Å². The van der Waals surface area contributed by atoms with Crippen molar-refractivity contribution in [3.63, 3.8) is 0 Å². The first kappa shape index (κ1) is 8.06. The van der Waals surface area contributed by atoms with Gasteiger partial charge in [0, 0.05) is 6.61 Å². The van der Waals surface area contributed by atoms with Gasteiger partial charge in [0.25, 0.3) is 0 Å². The Morgan fingerprint density at radius 1 is 1.40 bits per heavy atom. The second-order valence-electron chi connectivity index (χ2n) is 4.20. The van der Waals surface area contributed by atoms with Gasteiger partial charge >= 0.3 is 0 Å². The van der Waals surface area contributed by atoms with Crippen LogP contribution in [0.1, 0.15) is 34.1 Å². The molecule has 1 aliphatic carbocycles. The van der Waals surface area contributed by atoms with Crippen LogP contribution in [0.3, 0.4) is 0 Å². The summed E-state index contributed by atoms with van der Waals surface area (Å²) in [6.45, 7) is 9.80. The molecule has 1 rings (SSSR count). The highest BCUT2D eigenvalue weighted by Crippen LogP contribution is 2.46. The van der Waals surface area contributed by atoms with Crippen LogP contribution in [-0.2, 0) is 4.74 Å². The minimum absolute atomic E-state index is 0.458. The monoisotopic (exact) mass is 142 g/mol. The quantitative estimate of drug-likeness (QED) is 0.575. The predicted molar refractivity (Wildman–Crippen MR) is 43.0 cm³/mol. The lowest BCUT2D eigenvalue weighted by Gasteiger charge is -2.17. The summed E-state index contributed by atoms with van der Waals surface area (Å²) in [5.74, 6) is 0.812. The van der Waals surface area contributed by atoms with Gasteiger partial charge in [-0.05, 0) is 24.7 Å². The Morgan fingerprint density at radius 3 is 2.30 bits per heavy atom. The third-order valence-electron chi connectivity index (χ3n) is 2.23. The standard InChI is InChI=1S/C9H18O/c1-5-10-8-6-7(8)9(2,3)4/h7-8H,5-6H2,1-4H3. The molecule has 1 fully saturated rings. The SMILES string of the molecule is CCOC1CC1C(C)(C)C. The molecule has 1 saturated carbocycles. The predicted octanol–water partition coefficient (Wildman–Crippen LogP) is 2.46. The molecule has 0 amide bonds. The highest BCUT2D eigenvalue weighted by atomic mass is 16.5.